The van der Waals surface area contributed by atoms with Gasteiger partial charge in [-0.2, -0.15) is 13.2 Å². The van der Waals surface area contributed by atoms with Crippen LogP contribution in [0.1, 0.15) is 33.1 Å². The van der Waals surface area contributed by atoms with Gasteiger partial charge in [-0.3, -0.25) is 0 Å². The molecule has 1 nitrogen and oxygen atoms in total. The average molecular weight is 196 g/mol. The summed E-state index contributed by atoms with van der Waals surface area (Å²) < 4.78 is 42.7. The Labute approximate surface area is 76.3 Å². The van der Waals surface area contributed by atoms with Crippen LogP contribution >= 0.6 is 0 Å². The average Bonchev–Trinajstić information content (AvgIpc) is 2.80. The Morgan fingerprint density at radius 1 is 1.31 bits per heavy atom. The second kappa shape index (κ2) is 3.48. The summed E-state index contributed by atoms with van der Waals surface area (Å²) in [5.74, 6) is -0.320. The van der Waals surface area contributed by atoms with E-state index in [1.165, 1.54) is 6.92 Å². The summed E-state index contributed by atoms with van der Waals surface area (Å²) in [6.45, 7) is 3.16. The van der Waals surface area contributed by atoms with Crippen LogP contribution in [0.25, 0.3) is 0 Å². The largest absolute Gasteiger partial charge is 0.417 e. The van der Waals surface area contributed by atoms with Gasteiger partial charge in [-0.15, -0.1) is 0 Å². The van der Waals surface area contributed by atoms with E-state index in [2.05, 4.69) is 0 Å². The molecule has 1 unspecified atom stereocenters. The zero-order valence-corrected chi connectivity index (χ0v) is 7.95. The molecule has 0 bridgehead atoms. The Balaban J connectivity index is 2.63. The van der Waals surface area contributed by atoms with Crippen LogP contribution in [0.2, 0.25) is 0 Å². The third-order valence-electron chi connectivity index (χ3n) is 2.53. The van der Waals surface area contributed by atoms with Crippen LogP contribution < -0.4 is 0 Å². The second-order valence-corrected chi connectivity index (χ2v) is 3.73. The third-order valence-corrected chi connectivity index (χ3v) is 2.53. The van der Waals surface area contributed by atoms with Gasteiger partial charge in [-0.05, 0) is 32.1 Å². The summed E-state index contributed by atoms with van der Waals surface area (Å²) in [4.78, 5) is 0. The number of hydrogen-bond acceptors (Lipinski definition) is 1. The molecule has 78 valence electrons. The lowest BCUT2D eigenvalue weighted by Gasteiger charge is -2.32. The summed E-state index contributed by atoms with van der Waals surface area (Å²) >= 11 is 0. The molecule has 0 spiro atoms. The van der Waals surface area contributed by atoms with E-state index in [9.17, 15) is 13.2 Å². The minimum atomic E-state index is -4.23. The molecule has 0 heterocycles. The van der Waals surface area contributed by atoms with Crippen LogP contribution in [0.5, 0.6) is 0 Å². The van der Waals surface area contributed by atoms with Crippen molar-refractivity contribution in [1.29, 1.82) is 0 Å². The maximum atomic E-state index is 12.6. The van der Waals surface area contributed by atoms with Gasteiger partial charge in [-0.25, -0.2) is 0 Å². The zero-order chi connectivity index (χ0) is 10.1. The Morgan fingerprint density at radius 2 is 1.85 bits per heavy atom. The SMILES string of the molecule is CCCOC(C)(C1CC1)C(F)(F)F. The summed E-state index contributed by atoms with van der Waals surface area (Å²) in [6.07, 6.45) is -2.33. The smallest absolute Gasteiger partial charge is 0.366 e. The van der Waals surface area contributed by atoms with E-state index in [0.717, 1.165) is 0 Å². The second-order valence-electron chi connectivity index (χ2n) is 3.73. The highest BCUT2D eigenvalue weighted by Gasteiger charge is 2.60. The van der Waals surface area contributed by atoms with E-state index in [0.29, 0.717) is 19.3 Å². The molecule has 13 heavy (non-hydrogen) atoms. The summed E-state index contributed by atoms with van der Waals surface area (Å²) in [5, 5.41) is 0. The Morgan fingerprint density at radius 3 is 2.15 bits per heavy atom. The lowest BCUT2D eigenvalue weighted by Crippen LogP contribution is -2.47. The van der Waals surface area contributed by atoms with Crippen LogP contribution in [0.15, 0.2) is 0 Å². The van der Waals surface area contributed by atoms with E-state index in [4.69, 9.17) is 4.74 Å². The van der Waals surface area contributed by atoms with Crippen molar-refractivity contribution in [3.63, 3.8) is 0 Å². The van der Waals surface area contributed by atoms with E-state index >= 15 is 0 Å². The van der Waals surface area contributed by atoms with Crippen molar-refractivity contribution in [1.82, 2.24) is 0 Å². The van der Waals surface area contributed by atoms with E-state index in [1.807, 2.05) is 6.92 Å². The first-order valence-electron chi connectivity index (χ1n) is 4.62. The van der Waals surface area contributed by atoms with Gasteiger partial charge in [0.1, 0.15) is 0 Å². The maximum absolute atomic E-state index is 12.6. The van der Waals surface area contributed by atoms with Crippen LogP contribution in [0, 0.1) is 5.92 Å². The topological polar surface area (TPSA) is 9.23 Å². The van der Waals surface area contributed by atoms with Crippen molar-refractivity contribution in [2.24, 2.45) is 5.92 Å². The summed E-state index contributed by atoms with van der Waals surface area (Å²) in [6, 6.07) is 0. The molecule has 0 aliphatic heterocycles. The highest BCUT2D eigenvalue weighted by atomic mass is 19.4. The molecule has 0 saturated heterocycles. The van der Waals surface area contributed by atoms with Crippen molar-refractivity contribution in [2.75, 3.05) is 6.61 Å². The predicted molar refractivity (Wildman–Crippen MR) is 43.4 cm³/mol. The van der Waals surface area contributed by atoms with Gasteiger partial charge < -0.3 is 4.74 Å². The van der Waals surface area contributed by atoms with Crippen LogP contribution in [-0.4, -0.2) is 18.4 Å². The quantitative estimate of drug-likeness (QED) is 0.671. The lowest BCUT2D eigenvalue weighted by molar-refractivity contribution is -0.279. The highest BCUT2D eigenvalue weighted by Crippen LogP contribution is 2.50. The molecule has 0 aromatic rings. The predicted octanol–water partition coefficient (Wildman–Crippen LogP) is 3.14. The zero-order valence-electron chi connectivity index (χ0n) is 7.95. The van der Waals surface area contributed by atoms with Gasteiger partial charge in [0.2, 0.25) is 0 Å². The molecule has 1 rings (SSSR count). The van der Waals surface area contributed by atoms with Crippen molar-refractivity contribution < 1.29 is 17.9 Å². The van der Waals surface area contributed by atoms with Gasteiger partial charge in [0.25, 0.3) is 0 Å². The van der Waals surface area contributed by atoms with Gasteiger partial charge in [-0.1, -0.05) is 6.92 Å². The van der Waals surface area contributed by atoms with Gasteiger partial charge >= 0.3 is 6.18 Å². The summed E-state index contributed by atoms with van der Waals surface area (Å²) in [5.41, 5.74) is -1.90. The molecule has 0 aromatic heterocycles. The molecule has 0 radical (unpaired) electrons. The monoisotopic (exact) mass is 196 g/mol. The highest BCUT2D eigenvalue weighted by molar-refractivity contribution is 4.98. The van der Waals surface area contributed by atoms with Crippen molar-refractivity contribution in [3.8, 4) is 0 Å². The number of alkyl halides is 3. The molecule has 0 N–H and O–H groups in total. The third kappa shape index (κ3) is 2.16. The fourth-order valence-electron chi connectivity index (χ4n) is 1.38. The van der Waals surface area contributed by atoms with E-state index in [1.54, 1.807) is 0 Å². The van der Waals surface area contributed by atoms with Crippen molar-refractivity contribution >= 4 is 0 Å². The number of hydrogen-bond donors (Lipinski definition) is 0. The van der Waals surface area contributed by atoms with Crippen LogP contribution in [0.3, 0.4) is 0 Å². The number of ether oxygens (including phenoxy) is 1. The molecule has 0 aromatic carbocycles. The number of rotatable bonds is 4. The van der Waals surface area contributed by atoms with Crippen LogP contribution in [0.4, 0.5) is 13.2 Å². The fourth-order valence-corrected chi connectivity index (χ4v) is 1.38. The maximum Gasteiger partial charge on any atom is 0.417 e. The van der Waals surface area contributed by atoms with E-state index in [-0.39, 0.29) is 12.5 Å². The Kier molecular flexibility index (Phi) is 2.90. The van der Waals surface area contributed by atoms with Crippen LogP contribution in [-0.2, 0) is 4.74 Å². The summed E-state index contributed by atoms with van der Waals surface area (Å²) in [7, 11) is 0. The Hall–Kier alpha value is -0.250. The molecular weight excluding hydrogens is 181 g/mol. The first-order chi connectivity index (χ1) is 5.92. The minimum absolute atomic E-state index is 0.187. The molecule has 1 atom stereocenters. The van der Waals surface area contributed by atoms with Crippen molar-refractivity contribution in [3.05, 3.63) is 0 Å². The normalized spacial score (nSPS) is 22.8. The minimum Gasteiger partial charge on any atom is -0.366 e. The molecule has 1 aliphatic rings. The first kappa shape index (κ1) is 10.8. The molecule has 1 saturated carbocycles. The molecular formula is C9H15F3O. The Bertz CT molecular complexity index is 174. The van der Waals surface area contributed by atoms with Gasteiger partial charge in [0.15, 0.2) is 5.60 Å². The fraction of sp³-hybridized carbons (Fsp3) is 1.00. The van der Waals surface area contributed by atoms with Gasteiger partial charge in [0, 0.05) is 6.61 Å². The molecule has 0 amide bonds. The van der Waals surface area contributed by atoms with Crippen molar-refractivity contribution in [2.45, 2.75) is 44.9 Å². The molecule has 1 aliphatic carbocycles. The first-order valence-corrected chi connectivity index (χ1v) is 4.62. The van der Waals surface area contributed by atoms with Gasteiger partial charge in [0.05, 0.1) is 0 Å². The standard InChI is InChI=1S/C9H15F3O/c1-3-6-13-8(2,7-4-5-7)9(10,11)12/h7H,3-6H2,1-2H3. The number of halogens is 3. The van der Waals surface area contributed by atoms with E-state index < -0.39 is 11.8 Å². The molecule has 1 fully saturated rings. The molecule has 4 heteroatoms. The lowest BCUT2D eigenvalue weighted by atomic mass is 9.99.